The number of rotatable bonds is 4. The van der Waals surface area contributed by atoms with Crippen LogP contribution in [0.5, 0.6) is 0 Å². The van der Waals surface area contributed by atoms with E-state index < -0.39 is 0 Å². The van der Waals surface area contributed by atoms with Gasteiger partial charge in [-0.25, -0.2) is 0 Å². The lowest BCUT2D eigenvalue weighted by molar-refractivity contribution is -0.122. The van der Waals surface area contributed by atoms with E-state index in [1.54, 1.807) is 4.90 Å². The number of carbonyl (C=O) groups excluding carboxylic acids is 2. The number of carbonyl (C=O) groups is 2. The average molecular weight is 322 g/mol. The predicted molar refractivity (Wildman–Crippen MR) is 96.1 cm³/mol. The summed E-state index contributed by atoms with van der Waals surface area (Å²) >= 11 is 0. The van der Waals surface area contributed by atoms with Crippen molar-refractivity contribution in [2.24, 2.45) is 5.92 Å². The Labute approximate surface area is 142 Å². The lowest BCUT2D eigenvalue weighted by Crippen LogP contribution is -2.28. The van der Waals surface area contributed by atoms with Crippen molar-refractivity contribution in [2.75, 3.05) is 16.8 Å². The van der Waals surface area contributed by atoms with Gasteiger partial charge in [-0.1, -0.05) is 36.8 Å². The van der Waals surface area contributed by atoms with E-state index in [0.717, 1.165) is 23.4 Å². The monoisotopic (exact) mass is 322 g/mol. The molecular formula is C20H22N2O2. The molecule has 0 aromatic heterocycles. The van der Waals surface area contributed by atoms with Crippen LogP contribution in [0.2, 0.25) is 0 Å². The van der Waals surface area contributed by atoms with Gasteiger partial charge in [0.1, 0.15) is 0 Å². The minimum absolute atomic E-state index is 0.00306. The molecule has 2 amide bonds. The molecule has 2 aromatic rings. The Morgan fingerprint density at radius 2 is 1.79 bits per heavy atom. The second-order valence-electron chi connectivity index (χ2n) is 6.28. The molecule has 1 N–H and O–H groups in total. The standard InChI is InChI=1S/C20H22N2O2/c1-3-15-6-10-18(11-7-15)22-13-16(12-19(22)23)20(24)21-17-8-4-14(2)5-9-17/h4-11,16H,3,12-13H2,1-2H3,(H,21,24)/t16-/m0/s1. The SMILES string of the molecule is CCc1ccc(N2C[C@@H](C(=O)Nc3ccc(C)cc3)CC2=O)cc1. The minimum atomic E-state index is -0.315. The van der Waals surface area contributed by atoms with Crippen LogP contribution in [0.3, 0.4) is 0 Å². The Hall–Kier alpha value is -2.62. The largest absolute Gasteiger partial charge is 0.326 e. The third kappa shape index (κ3) is 3.48. The van der Waals surface area contributed by atoms with Crippen LogP contribution in [0.25, 0.3) is 0 Å². The van der Waals surface area contributed by atoms with Gasteiger partial charge in [-0.3, -0.25) is 9.59 Å². The third-order valence-electron chi connectivity index (χ3n) is 4.47. The van der Waals surface area contributed by atoms with Gasteiger partial charge < -0.3 is 10.2 Å². The fourth-order valence-electron chi connectivity index (χ4n) is 2.93. The Balaban J connectivity index is 1.67. The smallest absolute Gasteiger partial charge is 0.229 e. The van der Waals surface area contributed by atoms with Crippen molar-refractivity contribution in [1.29, 1.82) is 0 Å². The maximum Gasteiger partial charge on any atom is 0.229 e. The van der Waals surface area contributed by atoms with Crippen LogP contribution < -0.4 is 10.2 Å². The molecule has 3 rings (SSSR count). The fraction of sp³-hybridized carbons (Fsp3) is 0.300. The van der Waals surface area contributed by atoms with Crippen molar-refractivity contribution in [2.45, 2.75) is 26.7 Å². The van der Waals surface area contributed by atoms with Crippen molar-refractivity contribution < 1.29 is 9.59 Å². The zero-order valence-electron chi connectivity index (χ0n) is 14.1. The fourth-order valence-corrected chi connectivity index (χ4v) is 2.93. The zero-order valence-corrected chi connectivity index (χ0v) is 14.1. The topological polar surface area (TPSA) is 49.4 Å². The molecule has 0 aliphatic carbocycles. The van der Waals surface area contributed by atoms with Gasteiger partial charge in [0.05, 0.1) is 5.92 Å². The maximum atomic E-state index is 12.4. The highest BCUT2D eigenvalue weighted by atomic mass is 16.2. The van der Waals surface area contributed by atoms with Crippen LogP contribution in [0, 0.1) is 12.8 Å². The number of nitrogens with zero attached hydrogens (tertiary/aromatic N) is 1. The Morgan fingerprint density at radius 1 is 1.12 bits per heavy atom. The highest BCUT2D eigenvalue weighted by Gasteiger charge is 2.35. The van der Waals surface area contributed by atoms with Gasteiger partial charge in [0.25, 0.3) is 0 Å². The normalized spacial score (nSPS) is 17.2. The summed E-state index contributed by atoms with van der Waals surface area (Å²) < 4.78 is 0. The highest BCUT2D eigenvalue weighted by molar-refractivity contribution is 6.03. The van der Waals surface area contributed by atoms with E-state index in [-0.39, 0.29) is 24.2 Å². The number of hydrogen-bond donors (Lipinski definition) is 1. The first-order chi connectivity index (χ1) is 11.6. The molecule has 1 atom stereocenters. The summed E-state index contributed by atoms with van der Waals surface area (Å²) in [5.74, 6) is -0.409. The molecule has 1 heterocycles. The molecule has 0 unspecified atom stereocenters. The minimum Gasteiger partial charge on any atom is -0.326 e. The highest BCUT2D eigenvalue weighted by Crippen LogP contribution is 2.26. The molecule has 0 spiro atoms. The second-order valence-corrected chi connectivity index (χ2v) is 6.28. The van der Waals surface area contributed by atoms with Crippen LogP contribution in [-0.2, 0) is 16.0 Å². The van der Waals surface area contributed by atoms with E-state index in [1.165, 1.54) is 5.56 Å². The zero-order chi connectivity index (χ0) is 17.1. The first kappa shape index (κ1) is 16.2. The molecule has 4 heteroatoms. The molecular weight excluding hydrogens is 300 g/mol. The quantitative estimate of drug-likeness (QED) is 0.936. The first-order valence-electron chi connectivity index (χ1n) is 8.33. The van der Waals surface area contributed by atoms with Crippen molar-refractivity contribution in [1.82, 2.24) is 0 Å². The predicted octanol–water partition coefficient (Wildman–Crippen LogP) is 3.55. The van der Waals surface area contributed by atoms with Crippen LogP contribution in [0.1, 0.15) is 24.5 Å². The molecule has 4 nitrogen and oxygen atoms in total. The van der Waals surface area contributed by atoms with E-state index in [9.17, 15) is 9.59 Å². The van der Waals surface area contributed by atoms with Gasteiger partial charge in [-0.2, -0.15) is 0 Å². The van der Waals surface area contributed by atoms with Crippen LogP contribution in [0.15, 0.2) is 48.5 Å². The summed E-state index contributed by atoms with van der Waals surface area (Å²) in [7, 11) is 0. The van der Waals surface area contributed by atoms with E-state index >= 15 is 0 Å². The molecule has 1 fully saturated rings. The van der Waals surface area contributed by atoms with E-state index in [4.69, 9.17) is 0 Å². The lowest BCUT2D eigenvalue weighted by Gasteiger charge is -2.17. The molecule has 2 aromatic carbocycles. The summed E-state index contributed by atoms with van der Waals surface area (Å²) in [6, 6.07) is 15.6. The summed E-state index contributed by atoms with van der Waals surface area (Å²) in [4.78, 5) is 26.4. The van der Waals surface area contributed by atoms with Gasteiger partial charge in [0.15, 0.2) is 0 Å². The van der Waals surface area contributed by atoms with Crippen molar-refractivity contribution >= 4 is 23.2 Å². The molecule has 0 saturated carbocycles. The third-order valence-corrected chi connectivity index (χ3v) is 4.47. The molecule has 24 heavy (non-hydrogen) atoms. The molecule has 1 aliphatic heterocycles. The lowest BCUT2D eigenvalue weighted by atomic mass is 10.1. The van der Waals surface area contributed by atoms with Crippen molar-refractivity contribution in [3.8, 4) is 0 Å². The first-order valence-corrected chi connectivity index (χ1v) is 8.33. The van der Waals surface area contributed by atoms with Crippen LogP contribution >= 0.6 is 0 Å². The van der Waals surface area contributed by atoms with Crippen LogP contribution in [0.4, 0.5) is 11.4 Å². The molecule has 0 radical (unpaired) electrons. The molecule has 1 aliphatic rings. The second kappa shape index (κ2) is 6.87. The molecule has 0 bridgehead atoms. The number of amides is 2. The van der Waals surface area contributed by atoms with E-state index in [0.29, 0.717) is 6.54 Å². The van der Waals surface area contributed by atoms with E-state index in [2.05, 4.69) is 12.2 Å². The van der Waals surface area contributed by atoms with Gasteiger partial charge in [-0.05, 0) is 43.2 Å². The van der Waals surface area contributed by atoms with E-state index in [1.807, 2.05) is 55.5 Å². The average Bonchev–Trinajstić information content (AvgIpc) is 2.99. The Kier molecular flexibility index (Phi) is 4.65. The summed E-state index contributed by atoms with van der Waals surface area (Å²) in [6.45, 7) is 4.53. The maximum absolute atomic E-state index is 12.4. The van der Waals surface area contributed by atoms with Gasteiger partial charge in [0, 0.05) is 24.3 Å². The van der Waals surface area contributed by atoms with Crippen LogP contribution in [-0.4, -0.2) is 18.4 Å². The number of anilines is 2. The molecule has 1 saturated heterocycles. The number of aryl methyl sites for hydroxylation is 2. The Morgan fingerprint density at radius 3 is 2.42 bits per heavy atom. The number of benzene rings is 2. The van der Waals surface area contributed by atoms with Gasteiger partial charge >= 0.3 is 0 Å². The number of hydrogen-bond acceptors (Lipinski definition) is 2. The van der Waals surface area contributed by atoms with Gasteiger partial charge in [-0.15, -0.1) is 0 Å². The van der Waals surface area contributed by atoms with Crippen molar-refractivity contribution in [3.05, 3.63) is 59.7 Å². The Bertz CT molecular complexity index is 735. The molecule has 124 valence electrons. The van der Waals surface area contributed by atoms with Crippen molar-refractivity contribution in [3.63, 3.8) is 0 Å². The number of nitrogens with one attached hydrogen (secondary N) is 1. The van der Waals surface area contributed by atoms with Gasteiger partial charge in [0.2, 0.25) is 11.8 Å². The summed E-state index contributed by atoms with van der Waals surface area (Å²) in [5, 5.41) is 2.90. The summed E-state index contributed by atoms with van der Waals surface area (Å²) in [5.41, 5.74) is 4.01. The summed E-state index contributed by atoms with van der Waals surface area (Å²) in [6.07, 6.45) is 1.23.